The van der Waals surface area contributed by atoms with Crippen molar-refractivity contribution in [3.63, 3.8) is 0 Å². The standard InChI is InChI=1S/C11H14F6N2O/c12-10(13,14)7-3-1-5-18(7)9(20)19-6-2-4-8(19)11(15,16)17/h7-8H,1-6H2/t7-,8-/m1/s1. The molecule has 2 rings (SSSR count). The molecule has 0 aromatic carbocycles. The molecule has 0 N–H and O–H groups in total. The molecule has 0 saturated carbocycles. The summed E-state index contributed by atoms with van der Waals surface area (Å²) in [6.07, 6.45) is -9.39. The van der Waals surface area contributed by atoms with E-state index in [2.05, 4.69) is 0 Å². The first-order valence-corrected chi connectivity index (χ1v) is 6.33. The minimum absolute atomic E-state index is 0.149. The first-order valence-electron chi connectivity index (χ1n) is 6.33. The van der Waals surface area contributed by atoms with Gasteiger partial charge in [-0.1, -0.05) is 0 Å². The number of halogens is 6. The van der Waals surface area contributed by atoms with Gasteiger partial charge in [0.15, 0.2) is 0 Å². The predicted molar refractivity (Wildman–Crippen MR) is 57.0 cm³/mol. The molecule has 2 aliphatic rings. The number of hydrogen-bond donors (Lipinski definition) is 0. The second kappa shape index (κ2) is 5.00. The van der Waals surface area contributed by atoms with Crippen LogP contribution in [-0.2, 0) is 0 Å². The molecule has 0 unspecified atom stereocenters. The Morgan fingerprint density at radius 1 is 0.800 bits per heavy atom. The summed E-state index contributed by atoms with van der Waals surface area (Å²) in [6.45, 7) is -0.297. The lowest BCUT2D eigenvalue weighted by Gasteiger charge is -2.34. The molecule has 3 nitrogen and oxygen atoms in total. The summed E-state index contributed by atoms with van der Waals surface area (Å²) >= 11 is 0. The molecule has 2 saturated heterocycles. The van der Waals surface area contributed by atoms with Crippen LogP contribution in [-0.4, -0.2) is 53.4 Å². The van der Waals surface area contributed by atoms with Crippen molar-refractivity contribution in [2.45, 2.75) is 50.1 Å². The van der Waals surface area contributed by atoms with E-state index in [1.165, 1.54) is 0 Å². The molecule has 0 spiro atoms. The highest BCUT2D eigenvalue weighted by Gasteiger charge is 2.53. The van der Waals surface area contributed by atoms with Gasteiger partial charge in [0.2, 0.25) is 0 Å². The lowest BCUT2D eigenvalue weighted by molar-refractivity contribution is -0.179. The number of nitrogens with zero attached hydrogens (tertiary/aromatic N) is 2. The zero-order valence-electron chi connectivity index (χ0n) is 10.5. The Bertz CT molecular complexity index is 346. The number of amides is 2. The highest BCUT2D eigenvalue weighted by molar-refractivity contribution is 5.76. The normalized spacial score (nSPS) is 28.3. The maximum atomic E-state index is 12.8. The Hall–Kier alpha value is -1.15. The van der Waals surface area contributed by atoms with Crippen molar-refractivity contribution in [3.8, 4) is 0 Å². The van der Waals surface area contributed by atoms with Crippen LogP contribution in [0, 0.1) is 0 Å². The fourth-order valence-corrected chi connectivity index (χ4v) is 2.84. The lowest BCUT2D eigenvalue weighted by atomic mass is 10.2. The van der Waals surface area contributed by atoms with Gasteiger partial charge in [0.05, 0.1) is 0 Å². The summed E-state index contributed by atoms with van der Waals surface area (Å²) in [6, 6.07) is -5.08. The van der Waals surface area contributed by atoms with E-state index in [0.29, 0.717) is 9.80 Å². The van der Waals surface area contributed by atoms with Crippen LogP contribution in [0.4, 0.5) is 31.1 Å². The summed E-state index contributed by atoms with van der Waals surface area (Å²) in [7, 11) is 0. The zero-order chi connectivity index (χ0) is 15.1. The van der Waals surface area contributed by atoms with Crippen LogP contribution in [0.3, 0.4) is 0 Å². The van der Waals surface area contributed by atoms with Crippen LogP contribution in [0.25, 0.3) is 0 Å². The zero-order valence-corrected chi connectivity index (χ0v) is 10.5. The molecule has 2 atom stereocenters. The smallest absolute Gasteiger partial charge is 0.313 e. The molecule has 0 bridgehead atoms. The van der Waals surface area contributed by atoms with Crippen LogP contribution in [0.5, 0.6) is 0 Å². The van der Waals surface area contributed by atoms with E-state index in [0.717, 1.165) is 0 Å². The molecule has 20 heavy (non-hydrogen) atoms. The quantitative estimate of drug-likeness (QED) is 0.631. The maximum absolute atomic E-state index is 12.8. The summed E-state index contributed by atoms with van der Waals surface area (Å²) in [5.74, 6) is 0. The van der Waals surface area contributed by atoms with E-state index in [1.807, 2.05) is 0 Å². The molecule has 2 heterocycles. The molecule has 0 radical (unpaired) electrons. The third kappa shape index (κ3) is 2.80. The van der Waals surface area contributed by atoms with Gasteiger partial charge in [-0.25, -0.2) is 4.79 Å². The van der Waals surface area contributed by atoms with E-state index in [4.69, 9.17) is 0 Å². The summed E-state index contributed by atoms with van der Waals surface area (Å²) in [5, 5.41) is 0. The SMILES string of the molecule is O=C(N1CCC[C@@H]1C(F)(F)F)N1CCC[C@@H]1C(F)(F)F. The van der Waals surface area contributed by atoms with Gasteiger partial charge in [0, 0.05) is 13.1 Å². The number of carbonyl (C=O) groups excluding carboxylic acids is 1. The van der Waals surface area contributed by atoms with Crippen molar-refractivity contribution >= 4 is 6.03 Å². The monoisotopic (exact) mass is 304 g/mol. The van der Waals surface area contributed by atoms with Gasteiger partial charge in [-0.2, -0.15) is 26.3 Å². The van der Waals surface area contributed by atoms with Gasteiger partial charge in [-0.05, 0) is 25.7 Å². The maximum Gasteiger partial charge on any atom is 0.408 e. The van der Waals surface area contributed by atoms with E-state index < -0.39 is 30.5 Å². The first-order chi connectivity index (χ1) is 9.12. The second-order valence-corrected chi connectivity index (χ2v) is 5.07. The summed E-state index contributed by atoms with van der Waals surface area (Å²) in [5.41, 5.74) is 0. The lowest BCUT2D eigenvalue weighted by Crippen LogP contribution is -2.54. The van der Waals surface area contributed by atoms with Crippen LogP contribution < -0.4 is 0 Å². The van der Waals surface area contributed by atoms with E-state index in [9.17, 15) is 31.1 Å². The van der Waals surface area contributed by atoms with Crippen LogP contribution in [0.1, 0.15) is 25.7 Å². The molecule has 0 aromatic rings. The predicted octanol–water partition coefficient (Wildman–Crippen LogP) is 3.16. The Morgan fingerprint density at radius 2 is 1.15 bits per heavy atom. The van der Waals surface area contributed by atoms with Crippen molar-refractivity contribution in [3.05, 3.63) is 0 Å². The molecule has 0 aliphatic carbocycles. The third-order valence-electron chi connectivity index (χ3n) is 3.75. The highest BCUT2D eigenvalue weighted by atomic mass is 19.4. The largest absolute Gasteiger partial charge is 0.408 e. The van der Waals surface area contributed by atoms with Crippen LogP contribution >= 0.6 is 0 Å². The topological polar surface area (TPSA) is 23.6 Å². The van der Waals surface area contributed by atoms with Gasteiger partial charge < -0.3 is 9.80 Å². The van der Waals surface area contributed by atoms with Crippen molar-refractivity contribution < 1.29 is 31.1 Å². The average molecular weight is 304 g/mol. The highest BCUT2D eigenvalue weighted by Crippen LogP contribution is 2.37. The number of urea groups is 1. The number of hydrogen-bond acceptors (Lipinski definition) is 1. The van der Waals surface area contributed by atoms with Gasteiger partial charge >= 0.3 is 18.4 Å². The van der Waals surface area contributed by atoms with Crippen molar-refractivity contribution in [1.29, 1.82) is 0 Å². The van der Waals surface area contributed by atoms with E-state index in [-0.39, 0.29) is 38.8 Å². The van der Waals surface area contributed by atoms with Gasteiger partial charge in [-0.3, -0.25) is 0 Å². The fraction of sp³-hybridized carbons (Fsp3) is 0.909. The molecule has 2 amide bonds. The molecule has 2 aliphatic heterocycles. The number of carbonyl (C=O) groups is 1. The van der Waals surface area contributed by atoms with E-state index in [1.54, 1.807) is 0 Å². The second-order valence-electron chi connectivity index (χ2n) is 5.07. The Balaban J connectivity index is 2.14. The van der Waals surface area contributed by atoms with E-state index >= 15 is 0 Å². The Labute approximate surface area is 111 Å². The molecule has 2 fully saturated rings. The molecule has 9 heteroatoms. The summed E-state index contributed by atoms with van der Waals surface area (Å²) < 4.78 is 76.5. The van der Waals surface area contributed by atoms with Crippen molar-refractivity contribution in [1.82, 2.24) is 9.80 Å². The van der Waals surface area contributed by atoms with Gasteiger partial charge in [-0.15, -0.1) is 0 Å². The first kappa shape index (κ1) is 15.2. The average Bonchev–Trinajstić information content (AvgIpc) is 2.95. The third-order valence-corrected chi connectivity index (χ3v) is 3.75. The fourth-order valence-electron chi connectivity index (χ4n) is 2.84. The van der Waals surface area contributed by atoms with Crippen molar-refractivity contribution in [2.75, 3.05) is 13.1 Å². The van der Waals surface area contributed by atoms with Gasteiger partial charge in [0.25, 0.3) is 0 Å². The Kier molecular flexibility index (Phi) is 3.81. The summed E-state index contributed by atoms with van der Waals surface area (Å²) in [4.78, 5) is 13.1. The molecular formula is C11H14F6N2O. The molecule has 0 aromatic heterocycles. The minimum Gasteiger partial charge on any atom is -0.313 e. The number of likely N-dealkylation sites (tertiary alicyclic amines) is 2. The molecule has 116 valence electrons. The van der Waals surface area contributed by atoms with Crippen molar-refractivity contribution in [2.24, 2.45) is 0 Å². The van der Waals surface area contributed by atoms with Crippen LogP contribution in [0.15, 0.2) is 0 Å². The number of alkyl halides is 6. The van der Waals surface area contributed by atoms with Crippen LogP contribution in [0.2, 0.25) is 0 Å². The molecular weight excluding hydrogens is 290 g/mol. The Morgan fingerprint density at radius 3 is 1.45 bits per heavy atom. The minimum atomic E-state index is -4.60. The van der Waals surface area contributed by atoms with Gasteiger partial charge in [0.1, 0.15) is 12.1 Å². The number of rotatable bonds is 0.